The molecule has 138 valence electrons. The second-order valence-corrected chi connectivity index (χ2v) is 7.24. The van der Waals surface area contributed by atoms with Gasteiger partial charge in [0.25, 0.3) is 0 Å². The highest BCUT2D eigenvalue weighted by molar-refractivity contribution is 5.85. The molecule has 0 saturated heterocycles. The molecule has 0 aliphatic carbocycles. The van der Waals surface area contributed by atoms with Crippen molar-refractivity contribution < 1.29 is 4.39 Å². The second-order valence-electron chi connectivity index (χ2n) is 7.24. The number of hydrogen-bond acceptors (Lipinski definition) is 0. The molecular weight excluding hydrogens is 331 g/mol. The van der Waals surface area contributed by atoms with Gasteiger partial charge in [-0.15, -0.1) is 0 Å². The van der Waals surface area contributed by atoms with Crippen LogP contribution in [0.25, 0.3) is 10.8 Å². The Morgan fingerprint density at radius 2 is 1.48 bits per heavy atom. The van der Waals surface area contributed by atoms with E-state index in [9.17, 15) is 4.39 Å². The zero-order chi connectivity index (χ0) is 19.1. The highest BCUT2D eigenvalue weighted by atomic mass is 19.1. The minimum atomic E-state index is -0.141. The molecule has 0 unspecified atom stereocenters. The highest BCUT2D eigenvalue weighted by Gasteiger charge is 2.03. The lowest BCUT2D eigenvalue weighted by molar-refractivity contribution is 0.631. The van der Waals surface area contributed by atoms with Crippen molar-refractivity contribution in [2.75, 3.05) is 0 Å². The van der Waals surface area contributed by atoms with Gasteiger partial charge in [0.1, 0.15) is 5.82 Å². The number of halogens is 1. The van der Waals surface area contributed by atoms with Crippen molar-refractivity contribution in [1.82, 2.24) is 0 Å². The van der Waals surface area contributed by atoms with E-state index in [0.717, 1.165) is 22.9 Å². The van der Waals surface area contributed by atoms with Gasteiger partial charge in [-0.2, -0.15) is 0 Å². The van der Waals surface area contributed by atoms with Gasteiger partial charge in [-0.05, 0) is 60.5 Å². The summed E-state index contributed by atoms with van der Waals surface area (Å²) in [4.78, 5) is 0. The van der Waals surface area contributed by atoms with E-state index in [1.807, 2.05) is 30.3 Å². The van der Waals surface area contributed by atoms with Gasteiger partial charge in [0.2, 0.25) is 0 Å². The molecule has 3 aromatic carbocycles. The van der Waals surface area contributed by atoms with Crippen molar-refractivity contribution in [1.29, 1.82) is 0 Å². The fourth-order valence-corrected chi connectivity index (χ4v) is 3.31. The number of benzene rings is 3. The highest BCUT2D eigenvalue weighted by Crippen LogP contribution is 2.21. The smallest absolute Gasteiger partial charge is 0.133 e. The Labute approximate surface area is 162 Å². The fraction of sp³-hybridized carbons (Fsp3) is 0.308. The molecule has 0 aliphatic heterocycles. The monoisotopic (exact) mass is 358 g/mol. The average Bonchev–Trinajstić information content (AvgIpc) is 2.70. The van der Waals surface area contributed by atoms with Crippen molar-refractivity contribution in [3.63, 3.8) is 0 Å². The molecule has 0 heterocycles. The van der Waals surface area contributed by atoms with Crippen LogP contribution in [0.5, 0.6) is 0 Å². The summed E-state index contributed by atoms with van der Waals surface area (Å²) in [6.07, 6.45) is 7.70. The molecule has 0 N–H and O–H groups in total. The number of aryl methyl sites for hydroxylation is 2. The van der Waals surface area contributed by atoms with Crippen molar-refractivity contribution in [2.45, 2.75) is 52.4 Å². The van der Waals surface area contributed by atoms with E-state index < -0.39 is 0 Å². The third-order valence-electron chi connectivity index (χ3n) is 5.02. The summed E-state index contributed by atoms with van der Waals surface area (Å²) in [6, 6.07) is 18.0. The van der Waals surface area contributed by atoms with Gasteiger partial charge in [0, 0.05) is 16.5 Å². The Hall–Kier alpha value is -2.59. The summed E-state index contributed by atoms with van der Waals surface area (Å²) in [5.74, 6) is 6.28. The molecular formula is C26H27F. The molecule has 0 nitrogen and oxygen atoms in total. The minimum absolute atomic E-state index is 0.141. The average molecular weight is 359 g/mol. The predicted molar refractivity (Wildman–Crippen MR) is 114 cm³/mol. The molecule has 0 spiro atoms. The Morgan fingerprint density at radius 3 is 2.26 bits per heavy atom. The van der Waals surface area contributed by atoms with Gasteiger partial charge >= 0.3 is 0 Å². The predicted octanol–water partition coefficient (Wildman–Crippen LogP) is 7.20. The molecule has 0 aromatic heterocycles. The molecule has 3 rings (SSSR count). The molecule has 0 bridgehead atoms. The molecule has 0 amide bonds. The van der Waals surface area contributed by atoms with E-state index in [1.54, 1.807) is 6.92 Å². The summed E-state index contributed by atoms with van der Waals surface area (Å²) in [6.45, 7) is 4.04. The van der Waals surface area contributed by atoms with Crippen LogP contribution in [-0.2, 0) is 6.42 Å². The van der Waals surface area contributed by atoms with E-state index in [4.69, 9.17) is 0 Å². The first-order valence-corrected chi connectivity index (χ1v) is 9.97. The van der Waals surface area contributed by atoms with Crippen molar-refractivity contribution in [2.24, 2.45) is 0 Å². The first kappa shape index (κ1) is 19.2. The van der Waals surface area contributed by atoms with Gasteiger partial charge in [0.15, 0.2) is 0 Å². The van der Waals surface area contributed by atoms with Crippen LogP contribution in [0.3, 0.4) is 0 Å². The Morgan fingerprint density at radius 1 is 0.778 bits per heavy atom. The third-order valence-corrected chi connectivity index (χ3v) is 5.02. The van der Waals surface area contributed by atoms with Gasteiger partial charge in [-0.1, -0.05) is 74.8 Å². The summed E-state index contributed by atoms with van der Waals surface area (Å²) in [5, 5.41) is 1.55. The third kappa shape index (κ3) is 5.20. The van der Waals surface area contributed by atoms with Crippen molar-refractivity contribution in [3.05, 3.63) is 82.7 Å². The van der Waals surface area contributed by atoms with E-state index in [1.165, 1.54) is 37.7 Å². The lowest BCUT2D eigenvalue weighted by atomic mass is 10.0. The zero-order valence-corrected chi connectivity index (χ0v) is 16.3. The van der Waals surface area contributed by atoms with Crippen LogP contribution in [0.15, 0.2) is 54.6 Å². The maximum absolute atomic E-state index is 14.1. The SMILES string of the molecule is CCCCCCCc1ccc(C#Cc2ccc3c(F)c(C)ccc3c2)cc1. The largest absolute Gasteiger partial charge is 0.206 e. The van der Waals surface area contributed by atoms with E-state index in [-0.39, 0.29) is 5.82 Å². The molecule has 0 saturated carbocycles. The lowest BCUT2D eigenvalue weighted by Gasteiger charge is -2.03. The Bertz CT molecular complexity index is 955. The summed E-state index contributed by atoms with van der Waals surface area (Å²) < 4.78 is 14.1. The van der Waals surface area contributed by atoms with Crippen LogP contribution in [0.1, 0.15) is 61.3 Å². The maximum Gasteiger partial charge on any atom is 0.133 e. The van der Waals surface area contributed by atoms with Crippen LogP contribution >= 0.6 is 0 Å². The fourth-order valence-electron chi connectivity index (χ4n) is 3.31. The van der Waals surface area contributed by atoms with Crippen molar-refractivity contribution >= 4 is 10.8 Å². The first-order chi connectivity index (χ1) is 13.2. The molecule has 0 fully saturated rings. The zero-order valence-electron chi connectivity index (χ0n) is 16.3. The molecule has 1 heteroatoms. The van der Waals surface area contributed by atoms with Crippen LogP contribution in [-0.4, -0.2) is 0 Å². The van der Waals surface area contributed by atoms with E-state index in [0.29, 0.717) is 10.9 Å². The molecule has 0 atom stereocenters. The number of rotatable bonds is 6. The van der Waals surface area contributed by atoms with Gasteiger partial charge < -0.3 is 0 Å². The number of unbranched alkanes of at least 4 members (excludes halogenated alkanes) is 4. The normalized spacial score (nSPS) is 10.6. The van der Waals surface area contributed by atoms with E-state index in [2.05, 4.69) is 43.0 Å². The molecule has 27 heavy (non-hydrogen) atoms. The van der Waals surface area contributed by atoms with Crippen LogP contribution in [0.2, 0.25) is 0 Å². The lowest BCUT2D eigenvalue weighted by Crippen LogP contribution is -1.87. The summed E-state index contributed by atoms with van der Waals surface area (Å²) in [5.41, 5.74) is 3.98. The maximum atomic E-state index is 14.1. The van der Waals surface area contributed by atoms with Crippen LogP contribution in [0.4, 0.5) is 4.39 Å². The van der Waals surface area contributed by atoms with Crippen LogP contribution in [0, 0.1) is 24.6 Å². The molecule has 0 radical (unpaired) electrons. The molecule has 0 aliphatic rings. The number of fused-ring (bicyclic) bond motifs is 1. The van der Waals surface area contributed by atoms with Crippen LogP contribution < -0.4 is 0 Å². The van der Waals surface area contributed by atoms with Gasteiger partial charge in [-0.3, -0.25) is 0 Å². The van der Waals surface area contributed by atoms with Gasteiger partial charge in [-0.25, -0.2) is 4.39 Å². The quantitative estimate of drug-likeness (QED) is 0.323. The summed E-state index contributed by atoms with van der Waals surface area (Å²) in [7, 11) is 0. The second kappa shape index (κ2) is 9.38. The van der Waals surface area contributed by atoms with Gasteiger partial charge in [0.05, 0.1) is 0 Å². The standard InChI is InChI=1S/C26H27F/c1-3-4-5-6-7-8-21-10-12-22(13-11-21)14-15-23-16-18-25-24(19-23)17-9-20(2)26(25)27/h9-13,16-19H,3-8H2,1-2H3. The van der Waals surface area contributed by atoms with Crippen molar-refractivity contribution in [3.8, 4) is 11.8 Å². The number of hydrogen-bond donors (Lipinski definition) is 0. The molecule has 3 aromatic rings. The Balaban J connectivity index is 1.65. The minimum Gasteiger partial charge on any atom is -0.206 e. The first-order valence-electron chi connectivity index (χ1n) is 9.97. The summed E-state index contributed by atoms with van der Waals surface area (Å²) >= 11 is 0. The topological polar surface area (TPSA) is 0 Å². The Kier molecular flexibility index (Phi) is 6.66. The van der Waals surface area contributed by atoms with E-state index >= 15 is 0 Å².